The third kappa shape index (κ3) is 2.69. The molecule has 1 aliphatic carbocycles. The van der Waals surface area contributed by atoms with Gasteiger partial charge in [0.05, 0.1) is 12.7 Å². The summed E-state index contributed by atoms with van der Waals surface area (Å²) in [5.41, 5.74) is 0. The molecule has 1 saturated carbocycles. The molecule has 0 radical (unpaired) electrons. The minimum absolute atomic E-state index is 0.378. The quantitative estimate of drug-likeness (QED) is 0.843. The van der Waals surface area contributed by atoms with Crippen LogP contribution in [0.15, 0.2) is 0 Å². The number of fused-ring (bicyclic) bond motifs is 1. The molecule has 0 amide bonds. The molecule has 3 aliphatic rings. The molecule has 2 atom stereocenters. The van der Waals surface area contributed by atoms with E-state index >= 15 is 0 Å². The topological polar surface area (TPSA) is 41.5 Å². The summed E-state index contributed by atoms with van der Waals surface area (Å²) >= 11 is 1.69. The van der Waals surface area contributed by atoms with Gasteiger partial charge in [0.15, 0.2) is 0 Å². The van der Waals surface area contributed by atoms with Gasteiger partial charge in [-0.15, -0.1) is 10.2 Å². The molecule has 3 heterocycles. The van der Waals surface area contributed by atoms with Crippen molar-refractivity contribution in [2.75, 3.05) is 44.2 Å². The molecule has 0 bridgehead atoms. The van der Waals surface area contributed by atoms with Gasteiger partial charge in [0.2, 0.25) is 5.13 Å². The maximum absolute atomic E-state index is 6.09. The van der Waals surface area contributed by atoms with Gasteiger partial charge in [-0.05, 0) is 25.7 Å². The van der Waals surface area contributed by atoms with E-state index in [1.54, 1.807) is 11.3 Å². The first-order valence-electron chi connectivity index (χ1n) is 7.67. The van der Waals surface area contributed by atoms with E-state index in [9.17, 15) is 0 Å². The summed E-state index contributed by atoms with van der Waals surface area (Å²) in [6, 6.07) is 0. The molecular weight excluding hydrogens is 272 g/mol. The first-order chi connectivity index (χ1) is 9.78. The molecule has 2 saturated heterocycles. The molecule has 3 fully saturated rings. The lowest BCUT2D eigenvalue weighted by molar-refractivity contribution is 0.0579. The number of rotatable bonds is 3. The van der Waals surface area contributed by atoms with Crippen LogP contribution in [0.1, 0.15) is 17.8 Å². The number of aryl methyl sites for hydroxylation is 1. The lowest BCUT2D eigenvalue weighted by Gasteiger charge is -2.22. The van der Waals surface area contributed by atoms with Gasteiger partial charge < -0.3 is 14.5 Å². The van der Waals surface area contributed by atoms with Gasteiger partial charge in [-0.3, -0.25) is 0 Å². The van der Waals surface area contributed by atoms with Gasteiger partial charge in [-0.2, -0.15) is 0 Å². The number of anilines is 1. The Morgan fingerprint density at radius 1 is 1.25 bits per heavy atom. The molecule has 0 N–H and O–H groups in total. The molecule has 4 rings (SSSR count). The maximum atomic E-state index is 6.09. The standard InChI is InChI=1S/C14H22N4OS/c1-10-15-16-14(20-10)18-8-12-7-17(6-11-2-3-11)4-5-19-13(12)9-18/h11-13H,2-9H2,1H3/t12-,13+/m0/s1. The fraction of sp³-hybridized carbons (Fsp3) is 0.857. The summed E-state index contributed by atoms with van der Waals surface area (Å²) in [4.78, 5) is 4.98. The largest absolute Gasteiger partial charge is 0.375 e. The van der Waals surface area contributed by atoms with E-state index in [0.29, 0.717) is 12.0 Å². The van der Waals surface area contributed by atoms with E-state index in [4.69, 9.17) is 4.74 Å². The third-order valence-electron chi connectivity index (χ3n) is 4.61. The minimum Gasteiger partial charge on any atom is -0.375 e. The van der Waals surface area contributed by atoms with Crippen molar-refractivity contribution >= 4 is 16.5 Å². The van der Waals surface area contributed by atoms with Crippen molar-refractivity contribution in [1.29, 1.82) is 0 Å². The predicted octanol–water partition coefficient (Wildman–Crippen LogP) is 1.39. The first kappa shape index (κ1) is 13.0. The van der Waals surface area contributed by atoms with Gasteiger partial charge in [-0.1, -0.05) is 11.3 Å². The van der Waals surface area contributed by atoms with Gasteiger partial charge in [-0.25, -0.2) is 0 Å². The van der Waals surface area contributed by atoms with Crippen molar-refractivity contribution in [2.45, 2.75) is 25.9 Å². The second-order valence-corrected chi connectivity index (χ2v) is 7.54. The molecular formula is C14H22N4OS. The normalized spacial score (nSPS) is 31.4. The van der Waals surface area contributed by atoms with Gasteiger partial charge in [0, 0.05) is 38.6 Å². The van der Waals surface area contributed by atoms with Gasteiger partial charge in [0.25, 0.3) is 0 Å². The summed E-state index contributed by atoms with van der Waals surface area (Å²) in [6.07, 6.45) is 3.24. The highest BCUT2D eigenvalue weighted by atomic mass is 32.1. The predicted molar refractivity (Wildman–Crippen MR) is 79.3 cm³/mol. The molecule has 110 valence electrons. The van der Waals surface area contributed by atoms with Crippen LogP contribution in [-0.2, 0) is 4.74 Å². The van der Waals surface area contributed by atoms with Gasteiger partial charge in [0.1, 0.15) is 5.01 Å². The second kappa shape index (κ2) is 5.24. The lowest BCUT2D eigenvalue weighted by atomic mass is 10.1. The SMILES string of the molecule is Cc1nnc(N2C[C@@H]3CN(CC4CC4)CCO[C@@H]3C2)s1. The zero-order valence-corrected chi connectivity index (χ0v) is 12.8. The number of hydrogen-bond acceptors (Lipinski definition) is 6. The highest BCUT2D eigenvalue weighted by Crippen LogP contribution is 2.33. The molecule has 5 nitrogen and oxygen atoms in total. The van der Waals surface area contributed by atoms with Crippen molar-refractivity contribution in [2.24, 2.45) is 11.8 Å². The monoisotopic (exact) mass is 294 g/mol. The zero-order chi connectivity index (χ0) is 13.5. The van der Waals surface area contributed by atoms with Crippen molar-refractivity contribution in [3.05, 3.63) is 5.01 Å². The molecule has 1 aromatic heterocycles. The Kier molecular flexibility index (Phi) is 3.40. The summed E-state index contributed by atoms with van der Waals surface area (Å²) in [6.45, 7) is 8.54. The first-order valence-corrected chi connectivity index (χ1v) is 8.48. The Hall–Kier alpha value is -0.720. The van der Waals surface area contributed by atoms with E-state index in [2.05, 4.69) is 20.0 Å². The second-order valence-electron chi connectivity index (χ2n) is 6.38. The molecule has 0 unspecified atom stereocenters. The Bertz CT molecular complexity index is 475. The smallest absolute Gasteiger partial charge is 0.208 e. The maximum Gasteiger partial charge on any atom is 0.208 e. The van der Waals surface area contributed by atoms with E-state index in [1.165, 1.54) is 25.9 Å². The van der Waals surface area contributed by atoms with Crippen LogP contribution in [0.25, 0.3) is 0 Å². The molecule has 0 spiro atoms. The van der Waals surface area contributed by atoms with Crippen LogP contribution in [-0.4, -0.2) is 60.5 Å². The van der Waals surface area contributed by atoms with Crippen molar-refractivity contribution < 1.29 is 4.74 Å². The Labute approximate surface area is 123 Å². The Morgan fingerprint density at radius 2 is 2.15 bits per heavy atom. The molecule has 20 heavy (non-hydrogen) atoms. The summed E-state index contributed by atoms with van der Waals surface area (Å²) in [5.74, 6) is 1.59. The summed E-state index contributed by atoms with van der Waals surface area (Å²) in [5, 5.41) is 10.5. The Balaban J connectivity index is 1.42. The van der Waals surface area contributed by atoms with E-state index in [-0.39, 0.29) is 0 Å². The van der Waals surface area contributed by atoms with Crippen LogP contribution >= 0.6 is 11.3 Å². The lowest BCUT2D eigenvalue weighted by Crippen LogP contribution is -2.34. The van der Waals surface area contributed by atoms with Crippen LogP contribution in [0.4, 0.5) is 5.13 Å². The number of nitrogens with zero attached hydrogens (tertiary/aromatic N) is 4. The number of ether oxygens (including phenoxy) is 1. The zero-order valence-electron chi connectivity index (χ0n) is 12.0. The van der Waals surface area contributed by atoms with E-state index < -0.39 is 0 Å². The highest BCUT2D eigenvalue weighted by Gasteiger charge is 2.38. The fourth-order valence-electron chi connectivity index (χ4n) is 3.36. The average Bonchev–Trinajstić information content (AvgIpc) is 3.05. The molecule has 0 aromatic carbocycles. The number of hydrogen-bond donors (Lipinski definition) is 0. The van der Waals surface area contributed by atoms with Crippen LogP contribution in [0.5, 0.6) is 0 Å². The number of aromatic nitrogens is 2. The van der Waals surface area contributed by atoms with Crippen LogP contribution in [0.2, 0.25) is 0 Å². The van der Waals surface area contributed by atoms with E-state index in [0.717, 1.165) is 42.3 Å². The Morgan fingerprint density at radius 3 is 2.90 bits per heavy atom. The fourth-order valence-corrected chi connectivity index (χ4v) is 4.07. The summed E-state index contributed by atoms with van der Waals surface area (Å²) < 4.78 is 6.09. The van der Waals surface area contributed by atoms with E-state index in [1.807, 2.05) is 6.92 Å². The van der Waals surface area contributed by atoms with Crippen LogP contribution in [0, 0.1) is 18.8 Å². The molecule has 2 aliphatic heterocycles. The third-order valence-corrected chi connectivity index (χ3v) is 5.51. The molecule has 6 heteroatoms. The van der Waals surface area contributed by atoms with Crippen molar-refractivity contribution in [1.82, 2.24) is 15.1 Å². The highest BCUT2D eigenvalue weighted by molar-refractivity contribution is 7.15. The minimum atomic E-state index is 0.378. The molecule has 1 aromatic rings. The van der Waals surface area contributed by atoms with Gasteiger partial charge >= 0.3 is 0 Å². The summed E-state index contributed by atoms with van der Waals surface area (Å²) in [7, 11) is 0. The van der Waals surface area contributed by atoms with Crippen molar-refractivity contribution in [3.8, 4) is 0 Å². The average molecular weight is 294 g/mol. The van der Waals surface area contributed by atoms with Crippen LogP contribution < -0.4 is 4.90 Å². The van der Waals surface area contributed by atoms with Crippen molar-refractivity contribution in [3.63, 3.8) is 0 Å². The van der Waals surface area contributed by atoms with Crippen LogP contribution in [0.3, 0.4) is 0 Å².